The molecule has 2 aliphatic rings. The summed E-state index contributed by atoms with van der Waals surface area (Å²) in [6, 6.07) is 1.78. The molecule has 0 aliphatic carbocycles. The number of hydrogen-bond donors (Lipinski definition) is 3. The molecule has 2 heterocycles. The lowest BCUT2D eigenvalue weighted by molar-refractivity contribution is 0.102. The van der Waals surface area contributed by atoms with Crippen molar-refractivity contribution in [2.75, 3.05) is 17.1 Å². The van der Waals surface area contributed by atoms with Crippen molar-refractivity contribution in [3.05, 3.63) is 52.6 Å². The maximum absolute atomic E-state index is 14.9. The molecule has 1 aromatic carbocycles. The fraction of sp³-hybridized carbons (Fsp3) is 0.333. The van der Waals surface area contributed by atoms with E-state index in [1.54, 1.807) is 13.8 Å². The fourth-order valence-corrected chi connectivity index (χ4v) is 4.13. The summed E-state index contributed by atoms with van der Waals surface area (Å²) < 4.78 is 60.8. The van der Waals surface area contributed by atoms with Crippen molar-refractivity contribution >= 4 is 27.8 Å². The third-order valence-electron chi connectivity index (χ3n) is 4.20. The van der Waals surface area contributed by atoms with E-state index in [0.29, 0.717) is 18.6 Å². The summed E-state index contributed by atoms with van der Waals surface area (Å²) in [5.41, 5.74) is -1.08. The first-order valence-electron chi connectivity index (χ1n) is 8.94. The van der Waals surface area contributed by atoms with Gasteiger partial charge >= 0.3 is 0 Å². The Balaban J connectivity index is 2.00. The van der Waals surface area contributed by atoms with E-state index in [-0.39, 0.29) is 17.2 Å². The molecule has 1 aromatic rings. The van der Waals surface area contributed by atoms with Crippen LogP contribution in [0.1, 0.15) is 30.6 Å². The summed E-state index contributed by atoms with van der Waals surface area (Å²) in [5, 5.41) is 5.61. The second-order valence-corrected chi connectivity index (χ2v) is 8.10. The highest BCUT2D eigenvalue weighted by atomic mass is 32.2. The first-order chi connectivity index (χ1) is 13.8. The number of carbonyl (C=O) groups excluding carboxylic acids is 1. The Kier molecular flexibility index (Phi) is 5.87. The fourth-order valence-electron chi connectivity index (χ4n) is 3.00. The molecule has 2 aliphatic heterocycles. The predicted molar refractivity (Wildman–Crippen MR) is 104 cm³/mol. The first-order valence-corrected chi connectivity index (χ1v) is 10.6. The number of carbonyl (C=O) groups is 1. The van der Waals surface area contributed by atoms with Gasteiger partial charge in [0.1, 0.15) is 5.82 Å². The Bertz CT molecular complexity index is 1030. The van der Waals surface area contributed by atoms with Gasteiger partial charge < -0.3 is 15.4 Å². The lowest BCUT2D eigenvalue weighted by atomic mass is 9.96. The molecule has 0 amide bonds. The van der Waals surface area contributed by atoms with Crippen molar-refractivity contribution in [3.8, 4) is 0 Å². The number of nitrogens with zero attached hydrogens (tertiary/aromatic N) is 1. The molecule has 0 saturated carbocycles. The van der Waals surface area contributed by atoms with Crippen LogP contribution >= 0.6 is 0 Å². The normalized spacial score (nSPS) is 17.9. The van der Waals surface area contributed by atoms with Gasteiger partial charge in [0.15, 0.2) is 17.9 Å². The number of fused-ring (bicyclic) bond motifs is 1. The standard InChI is InChI=1S/C18H20F2N4O4S/c1-3-7-29(26,27)24-12-6-5-11(19)14(15(12)20)16(25)10-8-21-17-13(10)18(28-4-2)23-9-22-17/h5-6,8-9,17,21,24H,3-4,7H2,1-2H3,(H,22,23). The number of rotatable bonds is 8. The molecule has 0 fully saturated rings. The highest BCUT2D eigenvalue weighted by Crippen LogP contribution is 2.32. The number of hydrogen-bond acceptors (Lipinski definition) is 7. The monoisotopic (exact) mass is 426 g/mol. The predicted octanol–water partition coefficient (Wildman–Crippen LogP) is 1.99. The van der Waals surface area contributed by atoms with Gasteiger partial charge in [-0.3, -0.25) is 9.52 Å². The van der Waals surface area contributed by atoms with E-state index in [1.807, 2.05) is 0 Å². The van der Waals surface area contributed by atoms with Crippen molar-refractivity contribution in [1.29, 1.82) is 0 Å². The van der Waals surface area contributed by atoms with Crippen LogP contribution in [0.2, 0.25) is 0 Å². The average Bonchev–Trinajstić information content (AvgIpc) is 3.09. The van der Waals surface area contributed by atoms with Gasteiger partial charge in [0.05, 0.1) is 41.1 Å². The van der Waals surface area contributed by atoms with Gasteiger partial charge in [-0.25, -0.2) is 22.2 Å². The molecule has 0 spiro atoms. The number of sulfonamides is 1. The molecule has 0 bridgehead atoms. The zero-order valence-corrected chi connectivity index (χ0v) is 16.6. The lowest BCUT2D eigenvalue weighted by Gasteiger charge is -2.20. The quantitative estimate of drug-likeness (QED) is 0.549. The van der Waals surface area contributed by atoms with Crippen LogP contribution < -0.4 is 15.4 Å². The smallest absolute Gasteiger partial charge is 0.232 e. The van der Waals surface area contributed by atoms with Crippen LogP contribution in [0.25, 0.3) is 0 Å². The second kappa shape index (κ2) is 8.19. The van der Waals surface area contributed by atoms with E-state index in [1.165, 1.54) is 12.5 Å². The molecule has 156 valence electrons. The summed E-state index contributed by atoms with van der Waals surface area (Å²) >= 11 is 0. The number of nitrogens with one attached hydrogen (secondary N) is 3. The zero-order valence-electron chi connectivity index (χ0n) is 15.8. The van der Waals surface area contributed by atoms with Crippen LogP contribution in [0.3, 0.4) is 0 Å². The Morgan fingerprint density at radius 2 is 2.07 bits per heavy atom. The summed E-state index contributed by atoms with van der Waals surface area (Å²) in [5.74, 6) is -3.35. The highest BCUT2D eigenvalue weighted by molar-refractivity contribution is 7.92. The average molecular weight is 426 g/mol. The summed E-state index contributed by atoms with van der Waals surface area (Å²) in [6.07, 6.45) is 2.37. The summed E-state index contributed by atoms with van der Waals surface area (Å²) in [7, 11) is -3.83. The largest absolute Gasteiger partial charge is 0.479 e. The third-order valence-corrected chi connectivity index (χ3v) is 5.68. The van der Waals surface area contributed by atoms with Gasteiger partial charge in [0.2, 0.25) is 15.8 Å². The van der Waals surface area contributed by atoms with Crippen molar-refractivity contribution in [2.24, 2.45) is 4.99 Å². The van der Waals surface area contributed by atoms with E-state index in [9.17, 15) is 22.0 Å². The van der Waals surface area contributed by atoms with Crippen LogP contribution in [0.4, 0.5) is 14.5 Å². The molecule has 3 rings (SSSR count). The maximum Gasteiger partial charge on any atom is 0.232 e. The van der Waals surface area contributed by atoms with Crippen LogP contribution in [-0.4, -0.2) is 39.1 Å². The Labute approximate surface area is 166 Å². The molecule has 3 N–H and O–H groups in total. The molecular formula is C18H20F2N4O4S. The minimum atomic E-state index is -3.83. The second-order valence-electron chi connectivity index (χ2n) is 6.26. The number of ether oxygens (including phenoxy) is 1. The Morgan fingerprint density at radius 1 is 1.31 bits per heavy atom. The van der Waals surface area contributed by atoms with Gasteiger partial charge in [-0.2, -0.15) is 0 Å². The number of benzene rings is 1. The van der Waals surface area contributed by atoms with Crippen molar-refractivity contribution in [3.63, 3.8) is 0 Å². The van der Waals surface area contributed by atoms with E-state index >= 15 is 0 Å². The molecule has 0 radical (unpaired) electrons. The van der Waals surface area contributed by atoms with Crippen LogP contribution in [0.15, 0.2) is 40.4 Å². The van der Waals surface area contributed by atoms with Gasteiger partial charge in [0.25, 0.3) is 0 Å². The molecule has 8 nitrogen and oxygen atoms in total. The van der Waals surface area contributed by atoms with Gasteiger partial charge in [-0.05, 0) is 25.5 Å². The first kappa shape index (κ1) is 20.8. The SMILES string of the molecule is CCCS(=O)(=O)Nc1ccc(F)c(C(=O)C2=CNC3N=CNC(OCC)=C23)c1F. The molecule has 1 unspecified atom stereocenters. The van der Waals surface area contributed by atoms with Gasteiger partial charge in [-0.15, -0.1) is 0 Å². The topological polar surface area (TPSA) is 109 Å². The molecule has 1 atom stereocenters. The molecule has 11 heteroatoms. The lowest BCUT2D eigenvalue weighted by Crippen LogP contribution is -2.31. The molecule has 29 heavy (non-hydrogen) atoms. The van der Waals surface area contributed by atoms with Crippen molar-refractivity contribution in [2.45, 2.75) is 26.4 Å². The van der Waals surface area contributed by atoms with E-state index < -0.39 is 44.9 Å². The highest BCUT2D eigenvalue weighted by Gasteiger charge is 2.36. The van der Waals surface area contributed by atoms with Crippen LogP contribution in [0.5, 0.6) is 0 Å². The maximum atomic E-state index is 14.9. The number of anilines is 1. The number of aliphatic imine (C=N–C) groups is 1. The molecular weight excluding hydrogens is 406 g/mol. The zero-order chi connectivity index (χ0) is 21.2. The number of Topliss-reactive ketones (excluding diaryl/α,β-unsaturated/α-hetero) is 1. The van der Waals surface area contributed by atoms with Crippen molar-refractivity contribution in [1.82, 2.24) is 10.6 Å². The minimum Gasteiger partial charge on any atom is -0.479 e. The van der Waals surface area contributed by atoms with Crippen LogP contribution in [-0.2, 0) is 14.8 Å². The van der Waals surface area contributed by atoms with E-state index in [2.05, 4.69) is 20.3 Å². The Morgan fingerprint density at radius 3 is 2.76 bits per heavy atom. The summed E-state index contributed by atoms with van der Waals surface area (Å²) in [4.78, 5) is 17.1. The van der Waals surface area contributed by atoms with E-state index in [0.717, 1.165) is 12.1 Å². The van der Waals surface area contributed by atoms with Gasteiger partial charge in [0, 0.05) is 6.20 Å². The van der Waals surface area contributed by atoms with Gasteiger partial charge in [-0.1, -0.05) is 6.92 Å². The summed E-state index contributed by atoms with van der Waals surface area (Å²) in [6.45, 7) is 3.69. The third kappa shape index (κ3) is 4.09. The number of halogens is 2. The van der Waals surface area contributed by atoms with Crippen molar-refractivity contribution < 1.29 is 26.7 Å². The van der Waals surface area contributed by atoms with E-state index in [4.69, 9.17) is 4.74 Å². The van der Waals surface area contributed by atoms with Crippen LogP contribution in [0, 0.1) is 11.6 Å². The number of ketones is 1. The molecule has 0 saturated heterocycles. The molecule has 0 aromatic heterocycles. The minimum absolute atomic E-state index is 0.0332. The Hall–Kier alpha value is -2.95.